The summed E-state index contributed by atoms with van der Waals surface area (Å²) in [5.74, 6) is -0.0756. The summed E-state index contributed by atoms with van der Waals surface area (Å²) >= 11 is 7.98. The van der Waals surface area contributed by atoms with Crippen LogP contribution >= 0.6 is 22.9 Å². The minimum absolute atomic E-state index is 0.0239. The molecule has 8 heteroatoms. The van der Waals surface area contributed by atoms with E-state index in [4.69, 9.17) is 26.2 Å². The monoisotopic (exact) mass is 477 g/mol. The third kappa shape index (κ3) is 6.28. The van der Waals surface area contributed by atoms with Gasteiger partial charge >= 0.3 is 5.97 Å². The summed E-state index contributed by atoms with van der Waals surface area (Å²) in [7, 11) is 3.05. The van der Waals surface area contributed by atoms with Crippen LogP contribution in [0.4, 0.5) is 0 Å². The zero-order valence-electron chi connectivity index (χ0n) is 18.2. The number of benzene rings is 1. The number of carboxylic acids is 1. The lowest BCUT2D eigenvalue weighted by atomic mass is 9.90. The number of carbonyl (C=O) groups is 1. The van der Waals surface area contributed by atoms with Crippen molar-refractivity contribution in [2.24, 2.45) is 5.92 Å². The number of thiophene rings is 1. The molecule has 0 radical (unpaired) electrons. The molecule has 0 aliphatic carbocycles. The summed E-state index contributed by atoms with van der Waals surface area (Å²) in [4.78, 5) is 11.0. The number of nitrogens with zero attached hydrogens (tertiary/aromatic N) is 1. The molecule has 2 aromatic heterocycles. The van der Waals surface area contributed by atoms with E-state index in [-0.39, 0.29) is 12.3 Å². The molecule has 3 aromatic rings. The van der Waals surface area contributed by atoms with Crippen LogP contribution in [0.1, 0.15) is 35.6 Å². The zero-order chi connectivity index (χ0) is 23.1. The second-order valence-electron chi connectivity index (χ2n) is 7.76. The van der Waals surface area contributed by atoms with Crippen LogP contribution in [0.15, 0.2) is 47.4 Å². The number of aliphatic hydroxyl groups excluding tert-OH is 1. The molecule has 0 aliphatic heterocycles. The first-order valence-electron chi connectivity index (χ1n) is 10.4. The van der Waals surface area contributed by atoms with Crippen LogP contribution in [0.3, 0.4) is 0 Å². The van der Waals surface area contributed by atoms with Crippen molar-refractivity contribution in [1.29, 1.82) is 0 Å². The number of rotatable bonds is 12. The van der Waals surface area contributed by atoms with Gasteiger partial charge in [0.2, 0.25) is 0 Å². The van der Waals surface area contributed by atoms with Crippen LogP contribution in [0, 0.1) is 5.92 Å². The minimum Gasteiger partial charge on any atom is -0.495 e. The fourth-order valence-electron chi connectivity index (χ4n) is 3.84. The van der Waals surface area contributed by atoms with Gasteiger partial charge in [0.25, 0.3) is 0 Å². The maximum absolute atomic E-state index is 11.3. The average molecular weight is 478 g/mol. The maximum atomic E-state index is 11.3. The molecule has 0 spiro atoms. The second kappa shape index (κ2) is 11.4. The average Bonchev–Trinajstić information content (AvgIpc) is 3.44. The highest BCUT2D eigenvalue weighted by molar-refractivity contribution is 7.07. The summed E-state index contributed by atoms with van der Waals surface area (Å²) in [6.07, 6.45) is 5.54. The Morgan fingerprint density at radius 3 is 2.50 bits per heavy atom. The Kier molecular flexibility index (Phi) is 8.61. The molecule has 0 saturated heterocycles. The summed E-state index contributed by atoms with van der Waals surface area (Å²) in [6, 6.07) is 7.41. The van der Waals surface area contributed by atoms with E-state index in [1.165, 1.54) is 19.8 Å². The van der Waals surface area contributed by atoms with Gasteiger partial charge < -0.3 is 24.3 Å². The summed E-state index contributed by atoms with van der Waals surface area (Å²) < 4.78 is 12.7. The number of methoxy groups -OCH3 is 2. The Hall–Kier alpha value is -2.48. The van der Waals surface area contributed by atoms with Gasteiger partial charge in [0, 0.05) is 24.9 Å². The third-order valence-electron chi connectivity index (χ3n) is 5.49. The molecule has 0 aliphatic rings. The van der Waals surface area contributed by atoms with Gasteiger partial charge in [-0.2, -0.15) is 11.3 Å². The van der Waals surface area contributed by atoms with E-state index in [1.54, 1.807) is 29.5 Å². The van der Waals surface area contributed by atoms with Crippen molar-refractivity contribution in [1.82, 2.24) is 4.57 Å². The van der Waals surface area contributed by atoms with Crippen LogP contribution in [0.5, 0.6) is 11.5 Å². The number of hydrogen-bond acceptors (Lipinski definition) is 5. The smallest absolute Gasteiger partial charge is 0.307 e. The van der Waals surface area contributed by atoms with E-state index in [9.17, 15) is 9.90 Å². The number of aliphatic carboxylic acids is 1. The third-order valence-corrected chi connectivity index (χ3v) is 6.59. The first-order valence-corrected chi connectivity index (χ1v) is 11.7. The van der Waals surface area contributed by atoms with Gasteiger partial charge in [-0.25, -0.2) is 0 Å². The predicted molar refractivity (Wildman–Crippen MR) is 126 cm³/mol. The lowest BCUT2D eigenvalue weighted by molar-refractivity contribution is -0.136. The Bertz CT molecular complexity index is 992. The molecule has 0 unspecified atom stereocenters. The standard InChI is InChI=1S/C24H28ClNO5S/c1-30-20-11-19(12-21(31-2)23(20)25)24(29)18(5-3-4-16-7-9-32-15-16)14-26-8-6-17(13-26)10-22(27)28/h6-9,11-13,15,18,24,29H,3-5,10,14H2,1-2H3,(H,27,28)/t18-,24-/m0/s1. The summed E-state index contributed by atoms with van der Waals surface area (Å²) in [5, 5.41) is 24.9. The molecule has 0 amide bonds. The molecule has 2 N–H and O–H groups in total. The van der Waals surface area contributed by atoms with Crippen molar-refractivity contribution in [2.75, 3.05) is 14.2 Å². The first-order chi connectivity index (χ1) is 15.4. The Morgan fingerprint density at radius 2 is 1.91 bits per heavy atom. The van der Waals surface area contributed by atoms with E-state index in [1.807, 2.05) is 17.0 Å². The van der Waals surface area contributed by atoms with Gasteiger partial charge in [0.15, 0.2) is 0 Å². The number of aromatic nitrogens is 1. The number of aliphatic hydroxyl groups is 1. The molecule has 32 heavy (non-hydrogen) atoms. The lowest BCUT2D eigenvalue weighted by Crippen LogP contribution is -2.19. The normalized spacial score (nSPS) is 13.0. The SMILES string of the molecule is COc1cc([C@@H](O)[C@@H](CCCc2ccsc2)Cn2ccc(CC(=O)O)c2)cc(OC)c1Cl. The largest absolute Gasteiger partial charge is 0.495 e. The summed E-state index contributed by atoms with van der Waals surface area (Å²) in [5.41, 5.74) is 2.70. The second-order valence-corrected chi connectivity index (χ2v) is 8.91. The highest BCUT2D eigenvalue weighted by atomic mass is 35.5. The van der Waals surface area contributed by atoms with Gasteiger partial charge in [0.1, 0.15) is 16.5 Å². The van der Waals surface area contributed by atoms with Crippen molar-refractivity contribution >= 4 is 28.9 Å². The number of aryl methyl sites for hydroxylation is 1. The van der Waals surface area contributed by atoms with Crippen molar-refractivity contribution in [2.45, 2.75) is 38.3 Å². The predicted octanol–water partition coefficient (Wildman–Crippen LogP) is 5.22. The molecule has 0 bridgehead atoms. The Morgan fingerprint density at radius 1 is 1.19 bits per heavy atom. The van der Waals surface area contributed by atoms with Crippen molar-refractivity contribution < 1.29 is 24.5 Å². The van der Waals surface area contributed by atoms with E-state index < -0.39 is 12.1 Å². The Balaban J connectivity index is 1.81. The van der Waals surface area contributed by atoms with Crippen LogP contribution in [-0.4, -0.2) is 35.0 Å². The molecule has 2 heterocycles. The quantitative estimate of drug-likeness (QED) is 0.374. The highest BCUT2D eigenvalue weighted by Crippen LogP contribution is 2.39. The fourth-order valence-corrected chi connectivity index (χ4v) is 4.81. The molecular formula is C24H28ClNO5S. The van der Waals surface area contributed by atoms with E-state index >= 15 is 0 Å². The molecule has 1 aromatic carbocycles. The Labute approximate surface area is 197 Å². The number of halogens is 1. The van der Waals surface area contributed by atoms with Gasteiger partial charge in [0.05, 0.1) is 26.7 Å². The molecule has 6 nitrogen and oxygen atoms in total. The fraction of sp³-hybridized carbons (Fsp3) is 0.375. The number of ether oxygens (including phenoxy) is 2. The number of carboxylic acid groups (broad SMARTS) is 1. The van der Waals surface area contributed by atoms with Gasteiger partial charge in [-0.3, -0.25) is 4.79 Å². The number of hydrogen-bond donors (Lipinski definition) is 2. The van der Waals surface area contributed by atoms with Crippen LogP contribution in [0.2, 0.25) is 5.02 Å². The topological polar surface area (TPSA) is 80.9 Å². The molecule has 2 atom stereocenters. The van der Waals surface area contributed by atoms with Crippen molar-refractivity contribution in [3.63, 3.8) is 0 Å². The van der Waals surface area contributed by atoms with Gasteiger partial charge in [-0.15, -0.1) is 0 Å². The van der Waals surface area contributed by atoms with Crippen LogP contribution in [-0.2, 0) is 24.2 Å². The lowest BCUT2D eigenvalue weighted by Gasteiger charge is -2.25. The molecule has 3 rings (SSSR count). The van der Waals surface area contributed by atoms with Crippen molar-refractivity contribution in [3.8, 4) is 11.5 Å². The molecule has 0 fully saturated rings. The van der Waals surface area contributed by atoms with Gasteiger partial charge in [-0.1, -0.05) is 11.6 Å². The minimum atomic E-state index is -0.865. The summed E-state index contributed by atoms with van der Waals surface area (Å²) in [6.45, 7) is 0.553. The molecule has 172 valence electrons. The zero-order valence-corrected chi connectivity index (χ0v) is 19.7. The van der Waals surface area contributed by atoms with Crippen molar-refractivity contribution in [3.05, 3.63) is 69.1 Å². The van der Waals surface area contributed by atoms with E-state index in [0.717, 1.165) is 24.8 Å². The van der Waals surface area contributed by atoms with E-state index in [2.05, 4.69) is 16.8 Å². The van der Waals surface area contributed by atoms with E-state index in [0.29, 0.717) is 28.6 Å². The first kappa shape index (κ1) is 24.2. The molecule has 0 saturated carbocycles. The van der Waals surface area contributed by atoms with Crippen LogP contribution in [0.25, 0.3) is 0 Å². The molecular weight excluding hydrogens is 450 g/mol. The highest BCUT2D eigenvalue weighted by Gasteiger charge is 2.24. The van der Waals surface area contributed by atoms with Gasteiger partial charge in [-0.05, 0) is 71.0 Å². The van der Waals surface area contributed by atoms with Crippen LogP contribution < -0.4 is 9.47 Å². The maximum Gasteiger partial charge on any atom is 0.307 e.